The highest BCUT2D eigenvalue weighted by Crippen LogP contribution is 2.25. The number of hydrogen-bond acceptors (Lipinski definition) is 5. The normalized spacial score (nSPS) is 18.3. The molecule has 0 saturated carbocycles. The van der Waals surface area contributed by atoms with E-state index < -0.39 is 5.60 Å². The lowest BCUT2D eigenvalue weighted by molar-refractivity contribution is 0.0156. The molecular weight excluding hydrogens is 322 g/mol. The van der Waals surface area contributed by atoms with Gasteiger partial charge in [0.1, 0.15) is 14.9 Å². The van der Waals surface area contributed by atoms with Crippen molar-refractivity contribution in [2.75, 3.05) is 13.1 Å². The van der Waals surface area contributed by atoms with E-state index in [2.05, 4.69) is 17.2 Å². The zero-order valence-corrected chi connectivity index (χ0v) is 15.2. The Hall–Kier alpha value is -0.850. The summed E-state index contributed by atoms with van der Waals surface area (Å²) in [5, 5.41) is 4.53. The van der Waals surface area contributed by atoms with Crippen LogP contribution in [0.5, 0.6) is 0 Å². The van der Waals surface area contributed by atoms with Crippen molar-refractivity contribution in [1.29, 1.82) is 0 Å². The first-order chi connectivity index (χ1) is 10.2. The van der Waals surface area contributed by atoms with Gasteiger partial charge in [-0.2, -0.15) is 0 Å². The van der Waals surface area contributed by atoms with Gasteiger partial charge in [0.05, 0.1) is 6.20 Å². The molecule has 7 heteroatoms. The van der Waals surface area contributed by atoms with Crippen LogP contribution in [0.1, 0.15) is 45.5 Å². The Morgan fingerprint density at radius 3 is 2.64 bits per heavy atom. The first-order valence-electron chi connectivity index (χ1n) is 7.50. The number of carbonyl (C=O) groups is 1. The van der Waals surface area contributed by atoms with E-state index >= 15 is 0 Å². The van der Waals surface area contributed by atoms with Gasteiger partial charge in [-0.05, 0) is 40.5 Å². The van der Waals surface area contributed by atoms with Crippen LogP contribution >= 0.6 is 22.9 Å². The zero-order chi connectivity index (χ0) is 16.4. The molecule has 1 aromatic heterocycles. The number of carbonyl (C=O) groups excluding carboxylic acids is 1. The van der Waals surface area contributed by atoms with Crippen LogP contribution < -0.4 is 5.32 Å². The minimum absolute atomic E-state index is 0.0106. The van der Waals surface area contributed by atoms with Crippen LogP contribution in [0, 0.1) is 0 Å². The number of hydrogen-bond donors (Lipinski definition) is 1. The van der Waals surface area contributed by atoms with Crippen LogP contribution in [0.3, 0.4) is 0 Å². The summed E-state index contributed by atoms with van der Waals surface area (Å²) in [6.07, 6.45) is 3.24. The molecule has 5 nitrogen and oxygen atoms in total. The quantitative estimate of drug-likeness (QED) is 0.908. The number of piperidine rings is 1. The SMILES string of the molecule is CC1(NCc2ncc(Cl)s2)CCN(C(=O)OC(C)(C)C)CC1. The minimum atomic E-state index is -0.444. The average Bonchev–Trinajstić information content (AvgIpc) is 2.81. The van der Waals surface area contributed by atoms with E-state index in [1.807, 2.05) is 20.8 Å². The third-order valence-corrected chi connectivity index (χ3v) is 4.83. The van der Waals surface area contributed by atoms with Gasteiger partial charge in [-0.15, -0.1) is 11.3 Å². The first-order valence-corrected chi connectivity index (χ1v) is 8.69. The second-order valence-corrected chi connectivity index (χ2v) is 8.69. The summed E-state index contributed by atoms with van der Waals surface area (Å²) in [7, 11) is 0. The molecule has 1 aromatic rings. The molecule has 1 amide bonds. The highest BCUT2D eigenvalue weighted by atomic mass is 35.5. The first kappa shape index (κ1) is 17.5. The number of nitrogens with one attached hydrogen (secondary N) is 1. The Morgan fingerprint density at radius 1 is 1.50 bits per heavy atom. The third-order valence-electron chi connectivity index (χ3n) is 3.71. The summed E-state index contributed by atoms with van der Waals surface area (Å²) < 4.78 is 6.13. The lowest BCUT2D eigenvalue weighted by Gasteiger charge is -2.40. The molecule has 1 aliphatic rings. The maximum atomic E-state index is 12.1. The van der Waals surface area contributed by atoms with Crippen molar-refractivity contribution in [3.8, 4) is 0 Å². The summed E-state index contributed by atoms with van der Waals surface area (Å²) in [5.41, 5.74) is -0.434. The molecule has 2 rings (SSSR count). The lowest BCUT2D eigenvalue weighted by Crippen LogP contribution is -2.53. The molecule has 0 radical (unpaired) electrons. The highest BCUT2D eigenvalue weighted by molar-refractivity contribution is 7.15. The fraction of sp³-hybridized carbons (Fsp3) is 0.733. The molecule has 1 N–H and O–H groups in total. The monoisotopic (exact) mass is 345 g/mol. The number of likely N-dealkylation sites (tertiary alicyclic amines) is 1. The summed E-state index contributed by atoms with van der Waals surface area (Å²) >= 11 is 7.39. The number of nitrogens with zero attached hydrogens (tertiary/aromatic N) is 2. The van der Waals surface area contributed by atoms with Crippen LogP contribution in [0.15, 0.2) is 6.20 Å². The van der Waals surface area contributed by atoms with Crippen molar-refractivity contribution in [3.05, 3.63) is 15.5 Å². The maximum absolute atomic E-state index is 12.1. The third kappa shape index (κ3) is 5.11. The predicted molar refractivity (Wildman–Crippen MR) is 89.4 cm³/mol. The van der Waals surface area contributed by atoms with Gasteiger partial charge >= 0.3 is 6.09 Å². The van der Waals surface area contributed by atoms with Gasteiger partial charge in [0, 0.05) is 25.2 Å². The molecule has 22 heavy (non-hydrogen) atoms. The van der Waals surface area contributed by atoms with Gasteiger partial charge in [0.15, 0.2) is 0 Å². The molecule has 0 aromatic carbocycles. The van der Waals surface area contributed by atoms with E-state index in [4.69, 9.17) is 16.3 Å². The molecule has 1 saturated heterocycles. The Morgan fingerprint density at radius 2 is 2.14 bits per heavy atom. The van der Waals surface area contributed by atoms with Crippen molar-refractivity contribution in [1.82, 2.24) is 15.2 Å². The zero-order valence-electron chi connectivity index (χ0n) is 13.6. The predicted octanol–water partition coefficient (Wildman–Crippen LogP) is 3.68. The van der Waals surface area contributed by atoms with Gasteiger partial charge in [-0.25, -0.2) is 9.78 Å². The second kappa shape index (κ2) is 6.72. The van der Waals surface area contributed by atoms with E-state index in [0.29, 0.717) is 24.0 Å². The van der Waals surface area contributed by atoms with Crippen molar-refractivity contribution in [3.63, 3.8) is 0 Å². The summed E-state index contributed by atoms with van der Waals surface area (Å²) in [6, 6.07) is 0. The molecule has 0 bridgehead atoms. The Balaban J connectivity index is 1.81. The molecular formula is C15H24ClN3O2S. The summed E-state index contributed by atoms with van der Waals surface area (Å²) in [4.78, 5) is 18.1. The van der Waals surface area contributed by atoms with Crippen LogP contribution in [0.2, 0.25) is 4.34 Å². The lowest BCUT2D eigenvalue weighted by atomic mass is 9.90. The molecule has 0 unspecified atom stereocenters. The number of thiazole rings is 1. The molecule has 2 heterocycles. The summed E-state index contributed by atoms with van der Waals surface area (Å²) in [6.45, 7) is 9.97. The number of aromatic nitrogens is 1. The summed E-state index contributed by atoms with van der Waals surface area (Å²) in [5.74, 6) is 0. The van der Waals surface area contributed by atoms with Crippen LogP contribution in [-0.2, 0) is 11.3 Å². The molecule has 0 atom stereocenters. The van der Waals surface area contributed by atoms with E-state index in [1.165, 1.54) is 11.3 Å². The standard InChI is InChI=1S/C15H24ClN3O2S/c1-14(2,3)21-13(20)19-7-5-15(4,6-8-19)18-10-12-17-9-11(16)22-12/h9,18H,5-8,10H2,1-4H3. The number of amides is 1. The van der Waals surface area contributed by atoms with E-state index in [9.17, 15) is 4.79 Å². The Bertz CT molecular complexity index is 519. The van der Waals surface area contributed by atoms with Gasteiger partial charge < -0.3 is 15.0 Å². The number of halogens is 1. The largest absolute Gasteiger partial charge is 0.444 e. The van der Waals surface area contributed by atoms with Gasteiger partial charge in [-0.1, -0.05) is 11.6 Å². The van der Waals surface area contributed by atoms with E-state index in [-0.39, 0.29) is 11.6 Å². The van der Waals surface area contributed by atoms with E-state index in [1.54, 1.807) is 11.1 Å². The molecule has 1 aliphatic heterocycles. The maximum Gasteiger partial charge on any atom is 0.410 e. The second-order valence-electron chi connectivity index (χ2n) is 6.94. The van der Waals surface area contributed by atoms with Gasteiger partial charge in [0.25, 0.3) is 0 Å². The van der Waals surface area contributed by atoms with Gasteiger partial charge in [-0.3, -0.25) is 0 Å². The molecule has 0 aliphatic carbocycles. The molecule has 0 spiro atoms. The van der Waals surface area contributed by atoms with Crippen LogP contribution in [0.25, 0.3) is 0 Å². The van der Waals surface area contributed by atoms with E-state index in [0.717, 1.165) is 17.8 Å². The molecule has 124 valence electrons. The topological polar surface area (TPSA) is 54.5 Å². The van der Waals surface area contributed by atoms with Gasteiger partial charge in [0.2, 0.25) is 0 Å². The van der Waals surface area contributed by atoms with Crippen molar-refractivity contribution in [2.45, 2.75) is 58.2 Å². The Kier molecular flexibility index (Phi) is 5.35. The Labute approximate surface area is 141 Å². The van der Waals surface area contributed by atoms with Crippen LogP contribution in [0.4, 0.5) is 4.79 Å². The van der Waals surface area contributed by atoms with Crippen molar-refractivity contribution >= 4 is 29.0 Å². The van der Waals surface area contributed by atoms with Crippen molar-refractivity contribution in [2.24, 2.45) is 0 Å². The van der Waals surface area contributed by atoms with Crippen molar-refractivity contribution < 1.29 is 9.53 Å². The smallest absolute Gasteiger partial charge is 0.410 e. The number of ether oxygens (including phenoxy) is 1. The highest BCUT2D eigenvalue weighted by Gasteiger charge is 2.33. The van der Waals surface area contributed by atoms with Crippen LogP contribution in [-0.4, -0.2) is 40.2 Å². The number of rotatable bonds is 3. The fourth-order valence-electron chi connectivity index (χ4n) is 2.34. The fourth-order valence-corrected chi connectivity index (χ4v) is 3.24. The molecule has 1 fully saturated rings. The average molecular weight is 346 g/mol. The minimum Gasteiger partial charge on any atom is -0.444 e.